The molecule has 6 N–H and O–H groups in total. The smallest absolute Gasteiger partial charge is 0.335 e. The van der Waals surface area contributed by atoms with Gasteiger partial charge >= 0.3 is 11.9 Å². The number of carboxylic acids is 2. The van der Waals surface area contributed by atoms with E-state index in [2.05, 4.69) is 0 Å². The highest BCUT2D eigenvalue weighted by atomic mass is 16.7. The van der Waals surface area contributed by atoms with Gasteiger partial charge in [0.15, 0.2) is 11.9 Å². The molecular weight excluding hydrogens is 444 g/mol. The molecule has 12 heteroatoms. The molecule has 1 heterocycles. The third-order valence-corrected chi connectivity index (χ3v) is 5.39. The number of carbonyl (C=O) groups excluding carboxylic acids is 2. The van der Waals surface area contributed by atoms with Crippen molar-refractivity contribution < 1.29 is 59.3 Å². The number of aromatic hydroxyl groups is 1. The van der Waals surface area contributed by atoms with Gasteiger partial charge in [0.25, 0.3) is 0 Å². The van der Waals surface area contributed by atoms with E-state index >= 15 is 0 Å². The van der Waals surface area contributed by atoms with Crippen LogP contribution in [-0.2, 0) is 9.53 Å². The van der Waals surface area contributed by atoms with Gasteiger partial charge in [-0.2, -0.15) is 0 Å². The predicted molar refractivity (Wildman–Crippen MR) is 103 cm³/mol. The van der Waals surface area contributed by atoms with Crippen LogP contribution in [0.1, 0.15) is 42.2 Å². The zero-order chi connectivity index (χ0) is 24.2. The van der Waals surface area contributed by atoms with Crippen LogP contribution in [0.2, 0.25) is 0 Å². The first-order chi connectivity index (χ1) is 15.5. The highest BCUT2D eigenvalue weighted by molar-refractivity contribution is 6.30. The summed E-state index contributed by atoms with van der Waals surface area (Å²) in [5.41, 5.74) is -1.75. The van der Waals surface area contributed by atoms with Gasteiger partial charge in [-0.05, 0) is 18.2 Å². The Labute approximate surface area is 183 Å². The lowest BCUT2D eigenvalue weighted by atomic mass is 9.82. The Morgan fingerprint density at radius 2 is 1.58 bits per heavy atom. The van der Waals surface area contributed by atoms with Crippen LogP contribution in [0.15, 0.2) is 30.3 Å². The number of ketones is 2. The SMILES string of the molecule is O=C(O)c1cc(O)c2c(c1)C(=O)c1cccc(O[C@@H]3O[C@H](C(=O)O)[C@@H](O)[C@H](O)[C@H]3O)c1C2=O. The second-order valence-corrected chi connectivity index (χ2v) is 7.41. The molecule has 12 nitrogen and oxygen atoms in total. The number of fused-ring (bicyclic) bond motifs is 2. The minimum Gasteiger partial charge on any atom is -0.507 e. The van der Waals surface area contributed by atoms with Crippen molar-refractivity contribution >= 4 is 23.5 Å². The zero-order valence-electron chi connectivity index (χ0n) is 16.4. The normalized spacial score (nSPS) is 26.3. The molecule has 0 saturated carbocycles. The molecule has 1 aliphatic heterocycles. The standard InChI is InChI=1S/C21H16O12/c22-9-5-6(19(28)29)4-8-11(9)14(24)12-7(13(8)23)2-1-3-10(12)32-21-17(27)15(25)16(26)18(33-21)20(30)31/h1-5,15-18,21-22,25-27H,(H,28,29)(H,30,31)/t15-,16-,17+,18-,21+/m0/s1. The van der Waals surface area contributed by atoms with E-state index < -0.39 is 71.1 Å². The summed E-state index contributed by atoms with van der Waals surface area (Å²) in [6.07, 6.45) is -9.63. The Morgan fingerprint density at radius 3 is 2.21 bits per heavy atom. The molecule has 2 aromatic carbocycles. The summed E-state index contributed by atoms with van der Waals surface area (Å²) in [5, 5.41) is 58.5. The molecule has 0 bridgehead atoms. The number of aliphatic hydroxyl groups is 3. The van der Waals surface area contributed by atoms with Gasteiger partial charge in [0, 0.05) is 11.1 Å². The van der Waals surface area contributed by atoms with E-state index in [0.29, 0.717) is 0 Å². The van der Waals surface area contributed by atoms with E-state index in [9.17, 15) is 39.6 Å². The first kappa shape index (κ1) is 22.4. The van der Waals surface area contributed by atoms with E-state index in [1.807, 2.05) is 0 Å². The first-order valence-electron chi connectivity index (χ1n) is 9.44. The zero-order valence-corrected chi connectivity index (χ0v) is 16.4. The number of aliphatic hydroxyl groups excluding tert-OH is 3. The number of phenolic OH excluding ortho intramolecular Hbond substituents is 1. The highest BCUT2D eigenvalue weighted by Gasteiger charge is 2.48. The maximum atomic E-state index is 13.2. The van der Waals surface area contributed by atoms with Crippen LogP contribution in [-0.4, -0.2) is 84.9 Å². The summed E-state index contributed by atoms with van der Waals surface area (Å²) in [5.74, 6) is -5.83. The van der Waals surface area contributed by atoms with Gasteiger partial charge < -0.3 is 40.1 Å². The van der Waals surface area contributed by atoms with Crippen molar-refractivity contribution in [2.45, 2.75) is 30.7 Å². The minimum atomic E-state index is -1.96. The van der Waals surface area contributed by atoms with E-state index in [4.69, 9.17) is 19.7 Å². The third kappa shape index (κ3) is 3.50. The van der Waals surface area contributed by atoms with Crippen molar-refractivity contribution in [2.75, 3.05) is 0 Å². The average Bonchev–Trinajstić information content (AvgIpc) is 2.76. The summed E-state index contributed by atoms with van der Waals surface area (Å²) in [6.45, 7) is 0. The molecule has 2 aromatic rings. The Morgan fingerprint density at radius 1 is 0.879 bits per heavy atom. The second kappa shape index (κ2) is 7.94. The fraction of sp³-hybridized carbons (Fsp3) is 0.238. The topological polar surface area (TPSA) is 208 Å². The molecular formula is C21H16O12. The van der Waals surface area contributed by atoms with Crippen molar-refractivity contribution in [1.29, 1.82) is 0 Å². The van der Waals surface area contributed by atoms with Crippen LogP contribution in [0.25, 0.3) is 0 Å². The summed E-state index contributed by atoms with van der Waals surface area (Å²) < 4.78 is 10.5. The molecule has 0 aromatic heterocycles. The summed E-state index contributed by atoms with van der Waals surface area (Å²) in [6, 6.07) is 5.54. The van der Waals surface area contributed by atoms with Crippen molar-refractivity contribution in [3.05, 3.63) is 58.1 Å². The molecule has 0 unspecified atom stereocenters. The largest absolute Gasteiger partial charge is 0.507 e. The number of aromatic carboxylic acids is 1. The minimum absolute atomic E-state index is 0.201. The molecule has 5 atom stereocenters. The third-order valence-electron chi connectivity index (χ3n) is 5.39. The van der Waals surface area contributed by atoms with Crippen LogP contribution in [0.3, 0.4) is 0 Å². The van der Waals surface area contributed by atoms with Crippen molar-refractivity contribution in [1.82, 2.24) is 0 Å². The van der Waals surface area contributed by atoms with Crippen LogP contribution in [0, 0.1) is 0 Å². The quantitative estimate of drug-likeness (QED) is 0.281. The predicted octanol–water partition coefficient (Wildman–Crippen LogP) is -0.863. The van der Waals surface area contributed by atoms with E-state index in [0.717, 1.165) is 12.1 Å². The maximum absolute atomic E-state index is 13.2. The van der Waals surface area contributed by atoms with Gasteiger partial charge in [-0.25, -0.2) is 9.59 Å². The molecule has 1 fully saturated rings. The Kier molecular flexibility index (Phi) is 5.38. The molecule has 172 valence electrons. The molecule has 4 rings (SSSR count). The van der Waals surface area contributed by atoms with Gasteiger partial charge in [-0.1, -0.05) is 12.1 Å². The van der Waals surface area contributed by atoms with Crippen LogP contribution < -0.4 is 4.74 Å². The summed E-state index contributed by atoms with van der Waals surface area (Å²) in [7, 11) is 0. The first-order valence-corrected chi connectivity index (χ1v) is 9.44. The monoisotopic (exact) mass is 460 g/mol. The maximum Gasteiger partial charge on any atom is 0.335 e. The highest BCUT2D eigenvalue weighted by Crippen LogP contribution is 2.38. The van der Waals surface area contributed by atoms with Gasteiger partial charge in [-0.15, -0.1) is 0 Å². The Hall–Kier alpha value is -3.84. The Bertz CT molecular complexity index is 1200. The molecule has 1 aliphatic carbocycles. The number of benzene rings is 2. The van der Waals surface area contributed by atoms with Crippen LogP contribution in [0.4, 0.5) is 0 Å². The van der Waals surface area contributed by atoms with Crippen LogP contribution >= 0.6 is 0 Å². The molecule has 1 saturated heterocycles. The molecule has 0 spiro atoms. The summed E-state index contributed by atoms with van der Waals surface area (Å²) >= 11 is 0. The number of phenols is 1. The number of carboxylic acid groups (broad SMARTS) is 2. The lowest BCUT2D eigenvalue weighted by Gasteiger charge is -2.38. The van der Waals surface area contributed by atoms with E-state index in [-0.39, 0.29) is 22.4 Å². The van der Waals surface area contributed by atoms with Crippen molar-refractivity contribution in [2.24, 2.45) is 0 Å². The number of rotatable bonds is 4. The van der Waals surface area contributed by atoms with Crippen molar-refractivity contribution in [3.8, 4) is 11.5 Å². The molecule has 33 heavy (non-hydrogen) atoms. The van der Waals surface area contributed by atoms with Crippen LogP contribution in [0.5, 0.6) is 11.5 Å². The van der Waals surface area contributed by atoms with Gasteiger partial charge in [0.1, 0.15) is 29.8 Å². The molecule has 0 amide bonds. The second-order valence-electron chi connectivity index (χ2n) is 7.41. The Balaban J connectivity index is 1.76. The molecule has 0 radical (unpaired) electrons. The summed E-state index contributed by atoms with van der Waals surface area (Å²) in [4.78, 5) is 48.7. The van der Waals surface area contributed by atoms with E-state index in [1.54, 1.807) is 0 Å². The lowest BCUT2D eigenvalue weighted by molar-refractivity contribution is -0.271. The van der Waals surface area contributed by atoms with Gasteiger partial charge in [0.2, 0.25) is 12.1 Å². The fourth-order valence-electron chi connectivity index (χ4n) is 3.77. The average molecular weight is 460 g/mol. The lowest BCUT2D eigenvalue weighted by Crippen LogP contribution is -2.61. The van der Waals surface area contributed by atoms with Crippen molar-refractivity contribution in [3.63, 3.8) is 0 Å². The number of hydrogen-bond donors (Lipinski definition) is 6. The number of carbonyl (C=O) groups is 4. The number of aliphatic carboxylic acids is 1. The van der Waals surface area contributed by atoms with E-state index in [1.165, 1.54) is 18.2 Å². The fourth-order valence-corrected chi connectivity index (χ4v) is 3.77. The number of hydrogen-bond acceptors (Lipinski definition) is 10. The van der Waals surface area contributed by atoms with Gasteiger partial charge in [0.05, 0.1) is 16.7 Å². The molecule has 2 aliphatic rings. The number of ether oxygens (including phenoxy) is 2. The van der Waals surface area contributed by atoms with Gasteiger partial charge in [-0.3, -0.25) is 9.59 Å².